The van der Waals surface area contributed by atoms with Gasteiger partial charge in [0.05, 0.1) is 17.1 Å². The lowest BCUT2D eigenvalue weighted by atomic mass is 10.0. The predicted octanol–water partition coefficient (Wildman–Crippen LogP) is 3.45. The van der Waals surface area contributed by atoms with E-state index >= 15 is 0 Å². The van der Waals surface area contributed by atoms with Crippen LogP contribution in [0.5, 0.6) is 0 Å². The molecule has 0 aromatic heterocycles. The summed E-state index contributed by atoms with van der Waals surface area (Å²) in [5.74, 6) is 0.148. The average molecular weight is 304 g/mol. The minimum atomic E-state index is -4.64. The smallest absolute Gasteiger partial charge is 0.384 e. The highest BCUT2D eigenvalue weighted by Crippen LogP contribution is 2.37. The summed E-state index contributed by atoms with van der Waals surface area (Å²) >= 11 is 0. The van der Waals surface area contributed by atoms with Gasteiger partial charge in [0, 0.05) is 31.0 Å². The normalized spacial score (nSPS) is 19.3. The fraction of sp³-hybridized carbons (Fsp3) is 0.538. The van der Waals surface area contributed by atoms with Crippen LogP contribution >= 0.6 is 0 Å². The van der Waals surface area contributed by atoms with Crippen LogP contribution in [0.25, 0.3) is 0 Å². The van der Waals surface area contributed by atoms with Crippen molar-refractivity contribution in [2.45, 2.75) is 19.0 Å². The van der Waals surface area contributed by atoms with Gasteiger partial charge in [0.2, 0.25) is 0 Å². The average Bonchev–Trinajstić information content (AvgIpc) is 2.45. The molecule has 1 unspecified atom stereocenters. The second kappa shape index (κ2) is 6.30. The Hall–Kier alpha value is -1.83. The summed E-state index contributed by atoms with van der Waals surface area (Å²) in [6.45, 7) is 1.55. The number of nitrogens with one attached hydrogen (secondary N) is 1. The highest BCUT2D eigenvalue weighted by molar-refractivity contribution is 5.57. The molecule has 1 aliphatic heterocycles. The number of nitrogens with zero attached hydrogens (tertiary/aromatic N) is 1. The van der Waals surface area contributed by atoms with Crippen molar-refractivity contribution in [1.29, 1.82) is 0 Å². The second-order valence-electron chi connectivity index (χ2n) is 4.95. The third-order valence-corrected chi connectivity index (χ3v) is 3.36. The molecule has 0 spiro atoms. The van der Waals surface area contributed by atoms with E-state index in [1.54, 1.807) is 0 Å². The number of benzene rings is 1. The van der Waals surface area contributed by atoms with E-state index in [9.17, 15) is 23.3 Å². The van der Waals surface area contributed by atoms with Gasteiger partial charge in [-0.2, -0.15) is 13.2 Å². The minimum absolute atomic E-state index is 0.140. The van der Waals surface area contributed by atoms with Crippen molar-refractivity contribution >= 4 is 11.4 Å². The molecule has 1 aliphatic rings. The Labute approximate surface area is 119 Å². The first kappa shape index (κ1) is 15.6. The Bertz CT molecular complexity index is 514. The molecule has 1 atom stereocenters. The van der Waals surface area contributed by atoms with Crippen molar-refractivity contribution in [2.75, 3.05) is 25.1 Å². The van der Waals surface area contributed by atoms with E-state index in [0.29, 0.717) is 25.8 Å². The molecule has 2 rings (SSSR count). The largest absolute Gasteiger partial charge is 0.418 e. The van der Waals surface area contributed by atoms with E-state index in [1.165, 1.54) is 0 Å². The van der Waals surface area contributed by atoms with E-state index in [0.717, 1.165) is 25.0 Å². The number of nitro groups is 1. The van der Waals surface area contributed by atoms with Crippen molar-refractivity contribution in [3.05, 3.63) is 33.9 Å². The summed E-state index contributed by atoms with van der Waals surface area (Å²) in [5.41, 5.74) is -1.74. The number of ether oxygens (including phenoxy) is 1. The maximum atomic E-state index is 13.0. The van der Waals surface area contributed by atoms with E-state index in [-0.39, 0.29) is 11.6 Å². The Morgan fingerprint density at radius 2 is 2.19 bits per heavy atom. The van der Waals surface area contributed by atoms with Crippen LogP contribution in [0.4, 0.5) is 24.5 Å². The SMILES string of the molecule is O=[N+]([O-])c1ccc(NCC2CCCOC2)c(C(F)(F)F)c1. The lowest BCUT2D eigenvalue weighted by Crippen LogP contribution is -2.25. The van der Waals surface area contributed by atoms with Gasteiger partial charge in [-0.3, -0.25) is 10.1 Å². The minimum Gasteiger partial charge on any atom is -0.384 e. The zero-order valence-electron chi connectivity index (χ0n) is 11.2. The van der Waals surface area contributed by atoms with Crippen LogP contribution in [0.3, 0.4) is 0 Å². The van der Waals surface area contributed by atoms with Crippen molar-refractivity contribution in [1.82, 2.24) is 0 Å². The molecule has 1 N–H and O–H groups in total. The first-order valence-electron chi connectivity index (χ1n) is 6.55. The summed E-state index contributed by atoms with van der Waals surface area (Å²) in [6.07, 6.45) is -2.86. The molecule has 8 heteroatoms. The molecular weight excluding hydrogens is 289 g/mol. The number of alkyl halides is 3. The van der Waals surface area contributed by atoms with E-state index in [2.05, 4.69) is 5.32 Å². The summed E-state index contributed by atoms with van der Waals surface area (Å²) < 4.78 is 44.2. The maximum Gasteiger partial charge on any atom is 0.418 e. The van der Waals surface area contributed by atoms with Crippen LogP contribution in [-0.4, -0.2) is 24.7 Å². The van der Waals surface area contributed by atoms with Gasteiger partial charge in [0.25, 0.3) is 5.69 Å². The summed E-state index contributed by atoms with van der Waals surface area (Å²) in [4.78, 5) is 9.76. The third-order valence-electron chi connectivity index (χ3n) is 3.36. The molecule has 21 heavy (non-hydrogen) atoms. The molecule has 1 aromatic carbocycles. The molecule has 0 aliphatic carbocycles. The number of nitro benzene ring substituents is 1. The maximum absolute atomic E-state index is 13.0. The number of halogens is 3. The van der Waals surface area contributed by atoms with Gasteiger partial charge in [-0.15, -0.1) is 0 Å². The monoisotopic (exact) mass is 304 g/mol. The summed E-state index contributed by atoms with van der Waals surface area (Å²) in [7, 11) is 0. The zero-order chi connectivity index (χ0) is 15.5. The molecule has 5 nitrogen and oxygen atoms in total. The molecular formula is C13H15F3N2O3. The molecule has 1 aromatic rings. The molecule has 0 radical (unpaired) electrons. The van der Waals surface area contributed by atoms with E-state index < -0.39 is 22.4 Å². The number of anilines is 1. The first-order valence-corrected chi connectivity index (χ1v) is 6.55. The highest BCUT2D eigenvalue weighted by atomic mass is 19.4. The van der Waals surface area contributed by atoms with Crippen LogP contribution < -0.4 is 5.32 Å². The topological polar surface area (TPSA) is 64.4 Å². The second-order valence-corrected chi connectivity index (χ2v) is 4.95. The van der Waals surface area contributed by atoms with Crippen LogP contribution in [0, 0.1) is 16.0 Å². The predicted molar refractivity (Wildman–Crippen MR) is 70.1 cm³/mol. The Morgan fingerprint density at radius 3 is 2.76 bits per heavy atom. The molecule has 1 heterocycles. The van der Waals surface area contributed by atoms with Crippen LogP contribution in [0.15, 0.2) is 18.2 Å². The van der Waals surface area contributed by atoms with Gasteiger partial charge < -0.3 is 10.1 Å². The van der Waals surface area contributed by atoms with Crippen molar-refractivity contribution in [3.8, 4) is 0 Å². The Morgan fingerprint density at radius 1 is 1.43 bits per heavy atom. The van der Waals surface area contributed by atoms with Crippen LogP contribution in [-0.2, 0) is 10.9 Å². The Balaban J connectivity index is 2.15. The molecule has 0 bridgehead atoms. The van der Waals surface area contributed by atoms with E-state index in [1.807, 2.05) is 0 Å². The highest BCUT2D eigenvalue weighted by Gasteiger charge is 2.35. The molecule has 0 saturated carbocycles. The van der Waals surface area contributed by atoms with Crippen molar-refractivity contribution in [3.63, 3.8) is 0 Å². The van der Waals surface area contributed by atoms with Crippen LogP contribution in [0.1, 0.15) is 18.4 Å². The third kappa shape index (κ3) is 4.07. The standard InChI is InChI=1S/C13H15F3N2O3/c14-13(15,16)11-6-10(18(19)20)3-4-12(11)17-7-9-2-1-5-21-8-9/h3-4,6,9,17H,1-2,5,7-8H2. The summed E-state index contributed by atoms with van der Waals surface area (Å²) in [6, 6.07) is 2.72. The van der Waals surface area contributed by atoms with E-state index in [4.69, 9.17) is 4.74 Å². The van der Waals surface area contributed by atoms with Crippen molar-refractivity contribution < 1.29 is 22.8 Å². The van der Waals surface area contributed by atoms with Crippen LogP contribution in [0.2, 0.25) is 0 Å². The number of hydrogen-bond donors (Lipinski definition) is 1. The zero-order valence-corrected chi connectivity index (χ0v) is 11.2. The quantitative estimate of drug-likeness (QED) is 0.683. The number of non-ortho nitro benzene ring substituents is 1. The fourth-order valence-electron chi connectivity index (χ4n) is 2.26. The number of hydrogen-bond acceptors (Lipinski definition) is 4. The molecule has 1 saturated heterocycles. The lowest BCUT2D eigenvalue weighted by Gasteiger charge is -2.23. The van der Waals surface area contributed by atoms with Gasteiger partial charge in [0.15, 0.2) is 0 Å². The van der Waals surface area contributed by atoms with Gasteiger partial charge in [-0.25, -0.2) is 0 Å². The van der Waals surface area contributed by atoms with Gasteiger partial charge in [-0.05, 0) is 24.8 Å². The fourth-order valence-corrected chi connectivity index (χ4v) is 2.26. The molecule has 0 amide bonds. The first-order chi connectivity index (χ1) is 9.88. The Kier molecular flexibility index (Phi) is 4.66. The van der Waals surface area contributed by atoms with Gasteiger partial charge in [0.1, 0.15) is 0 Å². The molecule has 116 valence electrons. The molecule has 1 fully saturated rings. The number of rotatable bonds is 4. The van der Waals surface area contributed by atoms with Gasteiger partial charge >= 0.3 is 6.18 Å². The van der Waals surface area contributed by atoms with Gasteiger partial charge in [-0.1, -0.05) is 0 Å². The van der Waals surface area contributed by atoms with Crippen molar-refractivity contribution in [2.24, 2.45) is 5.92 Å². The summed E-state index contributed by atoms with van der Waals surface area (Å²) in [5, 5.41) is 13.3. The lowest BCUT2D eigenvalue weighted by molar-refractivity contribution is -0.385.